The average Bonchev–Trinajstić information content (AvgIpc) is 3.00. The highest BCUT2D eigenvalue weighted by atomic mass is 32.2. The lowest BCUT2D eigenvalue weighted by atomic mass is 10.2. The maximum atomic E-state index is 12.2. The second kappa shape index (κ2) is 7.75. The van der Waals surface area contributed by atoms with Crippen molar-refractivity contribution < 1.29 is 22.7 Å². The summed E-state index contributed by atoms with van der Waals surface area (Å²) in [5.74, 6) is -0.864. The maximum Gasteiger partial charge on any atom is 0.339 e. The highest BCUT2D eigenvalue weighted by Gasteiger charge is 2.20. The molecule has 0 fully saturated rings. The Morgan fingerprint density at radius 1 is 1.28 bits per heavy atom. The number of amides is 1. The number of hydrogen-bond donors (Lipinski definition) is 0. The Bertz CT molecular complexity index is 889. The fourth-order valence-corrected chi connectivity index (χ4v) is 3.95. The van der Waals surface area contributed by atoms with Crippen LogP contribution in [0, 0.1) is 0 Å². The molecule has 0 N–H and O–H groups in total. The predicted octanol–water partition coefficient (Wildman–Crippen LogP) is 2.28. The molecule has 0 saturated carbocycles. The van der Waals surface area contributed by atoms with E-state index < -0.39 is 15.8 Å². The summed E-state index contributed by atoms with van der Waals surface area (Å²) in [5.41, 5.74) is 0.476. The molecule has 7 nitrogen and oxygen atoms in total. The lowest BCUT2D eigenvalue weighted by molar-refractivity contribution is -0.116. The highest BCUT2D eigenvalue weighted by molar-refractivity contribution is 7.90. The minimum Gasteiger partial charge on any atom is -0.456 e. The first-order valence-corrected chi connectivity index (χ1v) is 10.2. The molecule has 0 radical (unpaired) electrons. The number of ether oxygens (including phenoxy) is 1. The van der Waals surface area contributed by atoms with E-state index in [0.29, 0.717) is 17.4 Å². The fraction of sp³-hybridized carbons (Fsp3) is 0.312. The Labute approximate surface area is 150 Å². The van der Waals surface area contributed by atoms with Gasteiger partial charge in [0.05, 0.1) is 16.2 Å². The summed E-state index contributed by atoms with van der Waals surface area (Å²) in [5, 5.41) is 2.22. The quantitative estimate of drug-likeness (QED) is 0.712. The van der Waals surface area contributed by atoms with E-state index in [4.69, 9.17) is 4.74 Å². The molecule has 9 heteroatoms. The van der Waals surface area contributed by atoms with E-state index in [2.05, 4.69) is 4.98 Å². The Kier molecular flexibility index (Phi) is 5.91. The molecule has 1 heterocycles. The number of carbonyl (C=O) groups excluding carboxylic acids is 2. The molecule has 0 unspecified atom stereocenters. The van der Waals surface area contributed by atoms with Crippen molar-refractivity contribution in [3.8, 4) is 0 Å². The number of hydrogen-bond acceptors (Lipinski definition) is 7. The van der Waals surface area contributed by atoms with Crippen LogP contribution in [0.25, 0.3) is 0 Å². The Hall–Kier alpha value is -2.26. The summed E-state index contributed by atoms with van der Waals surface area (Å²) in [6, 6.07) is 5.87. The van der Waals surface area contributed by atoms with Gasteiger partial charge in [-0.3, -0.25) is 9.69 Å². The SMILES string of the molecule is CCN(C(C)=O)c1nc(COC(=O)c2ccccc2S(C)(=O)=O)cs1. The van der Waals surface area contributed by atoms with Gasteiger partial charge in [0.1, 0.15) is 6.61 Å². The Morgan fingerprint density at radius 3 is 2.56 bits per heavy atom. The van der Waals surface area contributed by atoms with E-state index in [-0.39, 0.29) is 23.0 Å². The molecule has 0 aliphatic rings. The topological polar surface area (TPSA) is 93.6 Å². The van der Waals surface area contributed by atoms with Crippen LogP contribution in [0.5, 0.6) is 0 Å². The van der Waals surface area contributed by atoms with E-state index in [1.165, 1.54) is 35.3 Å². The predicted molar refractivity (Wildman–Crippen MR) is 94.5 cm³/mol. The molecule has 0 spiro atoms. The zero-order valence-corrected chi connectivity index (χ0v) is 15.7. The summed E-state index contributed by atoms with van der Waals surface area (Å²) >= 11 is 1.27. The fourth-order valence-electron chi connectivity index (χ4n) is 2.16. The Balaban J connectivity index is 2.12. The van der Waals surface area contributed by atoms with Gasteiger partial charge in [0.25, 0.3) is 0 Å². The standard InChI is InChI=1S/C16H18N2O5S2/c1-4-18(11(2)19)16-17-12(10-24-16)9-23-15(20)13-7-5-6-8-14(13)25(3,21)22/h5-8,10H,4,9H2,1-3H3. The van der Waals surface area contributed by atoms with E-state index in [0.717, 1.165) is 6.26 Å². The van der Waals surface area contributed by atoms with Gasteiger partial charge >= 0.3 is 5.97 Å². The van der Waals surface area contributed by atoms with Gasteiger partial charge in [0, 0.05) is 25.1 Å². The molecule has 1 amide bonds. The van der Waals surface area contributed by atoms with Crippen LogP contribution in [-0.2, 0) is 26.0 Å². The molecule has 134 valence electrons. The van der Waals surface area contributed by atoms with E-state index in [1.807, 2.05) is 6.92 Å². The van der Waals surface area contributed by atoms with Crippen molar-refractivity contribution in [2.75, 3.05) is 17.7 Å². The first kappa shape index (κ1) is 19.1. The van der Waals surface area contributed by atoms with Crippen LogP contribution in [0.15, 0.2) is 34.5 Å². The van der Waals surface area contributed by atoms with Crippen LogP contribution >= 0.6 is 11.3 Å². The van der Waals surface area contributed by atoms with Gasteiger partial charge in [0.15, 0.2) is 15.0 Å². The maximum absolute atomic E-state index is 12.2. The summed E-state index contributed by atoms with van der Waals surface area (Å²) in [6.45, 7) is 3.67. The minimum atomic E-state index is -3.54. The van der Waals surface area contributed by atoms with Crippen LogP contribution in [0.3, 0.4) is 0 Å². The van der Waals surface area contributed by atoms with Gasteiger partial charge in [-0.25, -0.2) is 18.2 Å². The van der Waals surface area contributed by atoms with Gasteiger partial charge < -0.3 is 4.74 Å². The summed E-state index contributed by atoms with van der Waals surface area (Å²) in [6.07, 6.45) is 1.03. The number of aromatic nitrogens is 1. The van der Waals surface area contributed by atoms with Crippen LogP contribution < -0.4 is 4.90 Å². The summed E-state index contributed by atoms with van der Waals surface area (Å²) in [4.78, 5) is 29.4. The number of nitrogens with zero attached hydrogens (tertiary/aromatic N) is 2. The molecule has 25 heavy (non-hydrogen) atoms. The van der Waals surface area contributed by atoms with Crippen molar-refractivity contribution in [1.82, 2.24) is 4.98 Å². The number of thiazole rings is 1. The monoisotopic (exact) mass is 382 g/mol. The minimum absolute atomic E-state index is 0.0145. The number of esters is 1. The number of sulfone groups is 1. The third-order valence-electron chi connectivity index (χ3n) is 3.32. The average molecular weight is 382 g/mol. The van der Waals surface area contributed by atoms with Crippen molar-refractivity contribution in [2.45, 2.75) is 25.3 Å². The number of carbonyl (C=O) groups is 2. The first-order chi connectivity index (χ1) is 11.7. The normalized spacial score (nSPS) is 11.2. The van der Waals surface area contributed by atoms with Crippen LogP contribution in [0.4, 0.5) is 5.13 Å². The van der Waals surface area contributed by atoms with Crippen molar-refractivity contribution >= 4 is 38.2 Å². The third-order valence-corrected chi connectivity index (χ3v) is 5.39. The van der Waals surface area contributed by atoms with Crippen LogP contribution in [0.2, 0.25) is 0 Å². The zero-order chi connectivity index (χ0) is 18.6. The first-order valence-electron chi connectivity index (χ1n) is 7.42. The van der Waals surface area contributed by atoms with Crippen molar-refractivity contribution in [2.24, 2.45) is 0 Å². The lowest BCUT2D eigenvalue weighted by Gasteiger charge is -2.14. The molecule has 0 bridgehead atoms. The molecule has 2 aromatic rings. The molecule has 0 aliphatic carbocycles. The van der Waals surface area contributed by atoms with Crippen molar-refractivity contribution in [1.29, 1.82) is 0 Å². The molecular weight excluding hydrogens is 364 g/mol. The van der Waals surface area contributed by atoms with E-state index in [1.54, 1.807) is 17.5 Å². The molecule has 0 atom stereocenters. The second-order valence-corrected chi connectivity index (χ2v) is 8.05. The largest absolute Gasteiger partial charge is 0.456 e. The molecule has 1 aromatic heterocycles. The van der Waals surface area contributed by atoms with Gasteiger partial charge in [0.2, 0.25) is 5.91 Å². The van der Waals surface area contributed by atoms with Gasteiger partial charge in [-0.1, -0.05) is 12.1 Å². The van der Waals surface area contributed by atoms with Crippen molar-refractivity contribution in [3.05, 3.63) is 40.9 Å². The van der Waals surface area contributed by atoms with Crippen LogP contribution in [-0.4, -0.2) is 38.1 Å². The summed E-state index contributed by atoms with van der Waals surface area (Å²) in [7, 11) is -3.54. The second-order valence-electron chi connectivity index (χ2n) is 5.23. The zero-order valence-electron chi connectivity index (χ0n) is 14.1. The molecule has 1 aromatic carbocycles. The van der Waals surface area contributed by atoms with E-state index in [9.17, 15) is 18.0 Å². The molecule has 0 aliphatic heterocycles. The molecule has 2 rings (SSSR count). The van der Waals surface area contributed by atoms with Gasteiger partial charge in [-0.05, 0) is 19.1 Å². The smallest absolute Gasteiger partial charge is 0.339 e. The lowest BCUT2D eigenvalue weighted by Crippen LogP contribution is -2.27. The number of rotatable bonds is 6. The van der Waals surface area contributed by atoms with Gasteiger partial charge in [-0.15, -0.1) is 11.3 Å². The van der Waals surface area contributed by atoms with E-state index >= 15 is 0 Å². The van der Waals surface area contributed by atoms with Crippen LogP contribution in [0.1, 0.15) is 29.9 Å². The Morgan fingerprint density at radius 2 is 1.96 bits per heavy atom. The highest BCUT2D eigenvalue weighted by Crippen LogP contribution is 2.22. The van der Waals surface area contributed by atoms with Crippen molar-refractivity contribution in [3.63, 3.8) is 0 Å². The third kappa shape index (κ3) is 4.64. The molecular formula is C16H18N2O5S2. The molecule has 0 saturated heterocycles. The number of anilines is 1. The summed E-state index contributed by atoms with van der Waals surface area (Å²) < 4.78 is 28.7. The van der Waals surface area contributed by atoms with Gasteiger partial charge in [-0.2, -0.15) is 0 Å². The number of benzene rings is 1.